The number of hydrogen-bond donors (Lipinski definition) is 0. The molecular weight excluding hydrogens is 418 g/mol. The molecule has 158 valence electrons. The monoisotopic (exact) mass is 443 g/mol. The van der Waals surface area contributed by atoms with Gasteiger partial charge in [0.25, 0.3) is 5.91 Å². The molecule has 2 aromatic carbocycles. The first-order valence-electron chi connectivity index (χ1n) is 9.66. The van der Waals surface area contributed by atoms with Crippen molar-refractivity contribution in [3.63, 3.8) is 0 Å². The van der Waals surface area contributed by atoms with Gasteiger partial charge in [0, 0.05) is 7.05 Å². The van der Waals surface area contributed by atoms with Crippen LogP contribution in [-0.4, -0.2) is 48.6 Å². The summed E-state index contributed by atoms with van der Waals surface area (Å²) in [5, 5.41) is 0. The number of benzene rings is 2. The van der Waals surface area contributed by atoms with E-state index in [1.54, 1.807) is 7.05 Å². The molecule has 0 spiro atoms. The molecule has 1 aliphatic heterocycles. The Kier molecular flexibility index (Phi) is 7.90. The molecule has 0 unspecified atom stereocenters. The SMILES string of the molecule is Cc1ccc(OCCOCCOc2ccc(C=C3SC(=S)N(C)C3=O)cc2)cc1C. The molecule has 0 aliphatic carbocycles. The lowest BCUT2D eigenvalue weighted by molar-refractivity contribution is -0.121. The fraction of sp³-hybridized carbons (Fsp3) is 0.304. The van der Waals surface area contributed by atoms with E-state index in [0.717, 1.165) is 17.1 Å². The molecule has 1 amide bonds. The molecule has 0 aromatic heterocycles. The minimum Gasteiger partial charge on any atom is -0.491 e. The number of likely N-dealkylation sites (N-methyl/N-ethyl adjacent to an activating group) is 1. The molecule has 1 saturated heterocycles. The number of ether oxygens (including phenoxy) is 3. The Balaban J connectivity index is 1.34. The van der Waals surface area contributed by atoms with Crippen molar-refractivity contribution in [2.45, 2.75) is 13.8 Å². The van der Waals surface area contributed by atoms with E-state index in [4.69, 9.17) is 26.4 Å². The van der Waals surface area contributed by atoms with E-state index in [1.807, 2.05) is 42.5 Å². The summed E-state index contributed by atoms with van der Waals surface area (Å²) in [4.78, 5) is 14.2. The minimum atomic E-state index is -0.0658. The second kappa shape index (κ2) is 10.6. The van der Waals surface area contributed by atoms with Crippen LogP contribution in [0.3, 0.4) is 0 Å². The molecule has 30 heavy (non-hydrogen) atoms. The summed E-state index contributed by atoms with van der Waals surface area (Å²) >= 11 is 6.46. The molecule has 0 atom stereocenters. The van der Waals surface area contributed by atoms with E-state index in [-0.39, 0.29) is 5.91 Å². The highest BCUT2D eigenvalue weighted by Gasteiger charge is 2.28. The summed E-state index contributed by atoms with van der Waals surface area (Å²) in [6.45, 7) is 6.10. The molecule has 2 aromatic rings. The van der Waals surface area contributed by atoms with Crippen LogP contribution < -0.4 is 9.47 Å². The van der Waals surface area contributed by atoms with Crippen molar-refractivity contribution >= 4 is 40.3 Å². The Bertz CT molecular complexity index is 941. The minimum absolute atomic E-state index is 0.0658. The maximum Gasteiger partial charge on any atom is 0.265 e. The molecule has 1 heterocycles. The molecule has 1 fully saturated rings. The van der Waals surface area contributed by atoms with E-state index in [2.05, 4.69) is 19.9 Å². The average Bonchev–Trinajstić information content (AvgIpc) is 2.97. The smallest absolute Gasteiger partial charge is 0.265 e. The van der Waals surface area contributed by atoms with Gasteiger partial charge in [-0.1, -0.05) is 42.2 Å². The van der Waals surface area contributed by atoms with Gasteiger partial charge in [0.15, 0.2) is 0 Å². The zero-order valence-corrected chi connectivity index (χ0v) is 19.0. The van der Waals surface area contributed by atoms with Crippen molar-refractivity contribution in [1.82, 2.24) is 4.90 Å². The summed E-state index contributed by atoms with van der Waals surface area (Å²) in [6.07, 6.45) is 1.84. The number of nitrogens with zero attached hydrogens (tertiary/aromatic N) is 1. The van der Waals surface area contributed by atoms with Gasteiger partial charge in [-0.15, -0.1) is 0 Å². The third-order valence-electron chi connectivity index (χ3n) is 4.64. The molecule has 5 nitrogen and oxygen atoms in total. The van der Waals surface area contributed by atoms with Gasteiger partial charge in [-0.2, -0.15) is 0 Å². The fourth-order valence-electron chi connectivity index (χ4n) is 2.70. The predicted octanol–water partition coefficient (Wildman–Crippen LogP) is 4.61. The van der Waals surface area contributed by atoms with Crippen molar-refractivity contribution < 1.29 is 19.0 Å². The van der Waals surface area contributed by atoms with Gasteiger partial charge in [0.1, 0.15) is 29.0 Å². The summed E-state index contributed by atoms with van der Waals surface area (Å²) in [7, 11) is 1.69. The Labute approximate surface area is 187 Å². The summed E-state index contributed by atoms with van der Waals surface area (Å²) in [5.41, 5.74) is 3.40. The maximum atomic E-state index is 12.0. The van der Waals surface area contributed by atoms with Gasteiger partial charge in [0.2, 0.25) is 0 Å². The van der Waals surface area contributed by atoms with Crippen LogP contribution in [-0.2, 0) is 9.53 Å². The highest BCUT2D eigenvalue weighted by atomic mass is 32.2. The zero-order valence-electron chi connectivity index (χ0n) is 17.3. The van der Waals surface area contributed by atoms with Gasteiger partial charge in [0.05, 0.1) is 18.1 Å². The zero-order chi connectivity index (χ0) is 21.5. The van der Waals surface area contributed by atoms with Crippen LogP contribution >= 0.6 is 24.0 Å². The van der Waals surface area contributed by atoms with Crippen LogP contribution in [0.1, 0.15) is 16.7 Å². The first-order chi connectivity index (χ1) is 14.4. The second-order valence-electron chi connectivity index (χ2n) is 6.87. The predicted molar refractivity (Wildman–Crippen MR) is 125 cm³/mol. The lowest BCUT2D eigenvalue weighted by atomic mass is 10.1. The third-order valence-corrected chi connectivity index (χ3v) is 6.12. The first kappa shape index (κ1) is 22.3. The van der Waals surface area contributed by atoms with Gasteiger partial charge >= 0.3 is 0 Å². The number of carbonyl (C=O) groups is 1. The van der Waals surface area contributed by atoms with Crippen LogP contribution in [0.4, 0.5) is 0 Å². The first-order valence-corrected chi connectivity index (χ1v) is 10.9. The normalized spacial score (nSPS) is 15.2. The van der Waals surface area contributed by atoms with Crippen molar-refractivity contribution in [2.75, 3.05) is 33.5 Å². The Morgan fingerprint density at radius 1 is 0.933 bits per heavy atom. The highest BCUT2D eigenvalue weighted by Crippen LogP contribution is 2.31. The lowest BCUT2D eigenvalue weighted by Gasteiger charge is -2.10. The van der Waals surface area contributed by atoms with E-state index in [0.29, 0.717) is 35.7 Å². The van der Waals surface area contributed by atoms with Crippen molar-refractivity contribution in [1.29, 1.82) is 0 Å². The molecule has 0 N–H and O–H groups in total. The van der Waals surface area contributed by atoms with E-state index >= 15 is 0 Å². The third kappa shape index (κ3) is 6.08. The van der Waals surface area contributed by atoms with Gasteiger partial charge in [-0.05, 0) is 60.9 Å². The lowest BCUT2D eigenvalue weighted by Crippen LogP contribution is -2.22. The van der Waals surface area contributed by atoms with Crippen LogP contribution in [0.5, 0.6) is 11.5 Å². The number of carbonyl (C=O) groups excluding carboxylic acids is 1. The Morgan fingerprint density at radius 3 is 2.17 bits per heavy atom. The standard InChI is InChI=1S/C23H25NO4S2/c1-16-4-7-20(14-17(16)2)28-13-11-26-10-12-27-19-8-5-18(6-9-19)15-21-22(25)24(3)23(29)30-21/h4-9,14-15H,10-13H2,1-3H3. The van der Waals surface area contributed by atoms with Gasteiger partial charge in [-0.25, -0.2) is 0 Å². The number of thiocarbonyl (C=S) groups is 1. The van der Waals surface area contributed by atoms with E-state index in [1.165, 1.54) is 27.8 Å². The topological polar surface area (TPSA) is 48.0 Å². The Morgan fingerprint density at radius 2 is 1.57 bits per heavy atom. The van der Waals surface area contributed by atoms with Gasteiger partial charge in [-0.3, -0.25) is 9.69 Å². The highest BCUT2D eigenvalue weighted by molar-refractivity contribution is 8.26. The van der Waals surface area contributed by atoms with Crippen LogP contribution in [0.15, 0.2) is 47.4 Å². The second-order valence-corrected chi connectivity index (χ2v) is 8.54. The summed E-state index contributed by atoms with van der Waals surface area (Å²) < 4.78 is 17.5. The molecular formula is C23H25NO4S2. The number of amides is 1. The number of thioether (sulfide) groups is 1. The summed E-state index contributed by atoms with van der Waals surface area (Å²) in [6, 6.07) is 13.6. The van der Waals surface area contributed by atoms with Crippen molar-refractivity contribution in [3.05, 3.63) is 64.1 Å². The van der Waals surface area contributed by atoms with Crippen LogP contribution in [0.2, 0.25) is 0 Å². The molecule has 1 aliphatic rings. The van der Waals surface area contributed by atoms with Crippen molar-refractivity contribution in [3.8, 4) is 11.5 Å². The largest absolute Gasteiger partial charge is 0.491 e. The Hall–Kier alpha value is -2.35. The molecule has 0 bridgehead atoms. The molecule has 3 rings (SSSR count). The van der Waals surface area contributed by atoms with Gasteiger partial charge < -0.3 is 14.2 Å². The molecule has 7 heteroatoms. The van der Waals surface area contributed by atoms with Crippen LogP contribution in [0, 0.1) is 13.8 Å². The number of rotatable bonds is 9. The maximum absolute atomic E-state index is 12.0. The average molecular weight is 444 g/mol. The molecule has 0 radical (unpaired) electrons. The quantitative estimate of drug-likeness (QED) is 0.320. The van der Waals surface area contributed by atoms with Crippen LogP contribution in [0.25, 0.3) is 6.08 Å². The number of hydrogen-bond acceptors (Lipinski definition) is 6. The number of aryl methyl sites for hydroxylation is 2. The van der Waals surface area contributed by atoms with Crippen molar-refractivity contribution in [2.24, 2.45) is 0 Å². The fourth-order valence-corrected chi connectivity index (χ4v) is 3.88. The van der Waals surface area contributed by atoms with E-state index < -0.39 is 0 Å². The summed E-state index contributed by atoms with van der Waals surface area (Å²) in [5.74, 6) is 1.55. The molecule has 0 saturated carbocycles. The van der Waals surface area contributed by atoms with E-state index in [9.17, 15) is 4.79 Å².